The Balaban J connectivity index is 3.35. The molecule has 0 spiro atoms. The fourth-order valence-electron chi connectivity index (χ4n) is 1.43. The lowest BCUT2D eigenvalue weighted by atomic mass is 9.93. The van der Waals surface area contributed by atoms with Crippen LogP contribution in [-0.4, -0.2) is 10.8 Å². The number of nitrogens with one attached hydrogen (secondary N) is 1. The highest BCUT2D eigenvalue weighted by Crippen LogP contribution is 2.28. The minimum atomic E-state index is -0.963. The molecule has 0 fully saturated rings. The van der Waals surface area contributed by atoms with Gasteiger partial charge in [0.2, 0.25) is 0 Å². The fraction of sp³-hybridized carbons (Fsp3) is 0.364. The van der Waals surface area contributed by atoms with Gasteiger partial charge in [0, 0.05) is 22.5 Å². The first kappa shape index (κ1) is 10.7. The molecule has 3 nitrogen and oxygen atoms in total. The van der Waals surface area contributed by atoms with Crippen molar-refractivity contribution < 1.29 is 5.11 Å². The Morgan fingerprint density at radius 2 is 2.00 bits per heavy atom. The minimum Gasteiger partial charge on any atom is -0.398 e. The van der Waals surface area contributed by atoms with E-state index in [9.17, 15) is 5.11 Å². The normalized spacial score (nSPS) is 11.4. The molecule has 0 saturated carbocycles. The van der Waals surface area contributed by atoms with Crippen molar-refractivity contribution in [1.82, 2.24) is 0 Å². The zero-order valence-corrected chi connectivity index (χ0v) is 8.76. The zero-order chi connectivity index (χ0) is 10.9. The highest BCUT2D eigenvalue weighted by atomic mass is 16.3. The third-order valence-corrected chi connectivity index (χ3v) is 2.17. The summed E-state index contributed by atoms with van der Waals surface area (Å²) in [4.78, 5) is 0. The maximum absolute atomic E-state index is 9.83. The van der Waals surface area contributed by atoms with Crippen LogP contribution in [0, 0.1) is 5.41 Å². The lowest BCUT2D eigenvalue weighted by Gasteiger charge is -2.21. The summed E-state index contributed by atoms with van der Waals surface area (Å²) in [6, 6.07) is 5.37. The van der Waals surface area contributed by atoms with Crippen LogP contribution in [0.25, 0.3) is 0 Å². The molecule has 14 heavy (non-hydrogen) atoms. The smallest absolute Gasteiger partial charge is 0.0860 e. The molecule has 0 atom stereocenters. The van der Waals surface area contributed by atoms with Gasteiger partial charge in [-0.05, 0) is 20.8 Å². The quantitative estimate of drug-likeness (QED) is 0.494. The van der Waals surface area contributed by atoms with Crippen LogP contribution in [0.3, 0.4) is 0 Å². The van der Waals surface area contributed by atoms with Crippen LogP contribution in [0.4, 0.5) is 5.69 Å². The van der Waals surface area contributed by atoms with Gasteiger partial charge in [-0.15, -0.1) is 0 Å². The number of aliphatic hydroxyl groups is 1. The second-order valence-electron chi connectivity index (χ2n) is 3.95. The van der Waals surface area contributed by atoms with E-state index < -0.39 is 5.60 Å². The molecule has 0 aliphatic carbocycles. The van der Waals surface area contributed by atoms with Crippen LogP contribution in [0.2, 0.25) is 0 Å². The van der Waals surface area contributed by atoms with Gasteiger partial charge in [0.15, 0.2) is 0 Å². The van der Waals surface area contributed by atoms with Crippen LogP contribution in [0.5, 0.6) is 0 Å². The van der Waals surface area contributed by atoms with Gasteiger partial charge in [-0.25, -0.2) is 0 Å². The van der Waals surface area contributed by atoms with Gasteiger partial charge in [-0.2, -0.15) is 0 Å². The highest BCUT2D eigenvalue weighted by molar-refractivity contribution is 6.01. The summed E-state index contributed by atoms with van der Waals surface area (Å²) >= 11 is 0. The van der Waals surface area contributed by atoms with Gasteiger partial charge >= 0.3 is 0 Å². The van der Waals surface area contributed by atoms with Gasteiger partial charge in [0.25, 0.3) is 0 Å². The third kappa shape index (κ3) is 1.93. The topological polar surface area (TPSA) is 70.1 Å². The van der Waals surface area contributed by atoms with E-state index in [2.05, 4.69) is 0 Å². The second-order valence-corrected chi connectivity index (χ2v) is 3.95. The summed E-state index contributed by atoms with van der Waals surface area (Å²) in [5, 5.41) is 17.3. The van der Waals surface area contributed by atoms with E-state index in [1.165, 1.54) is 0 Å². The molecule has 0 aliphatic heterocycles. The Hall–Kier alpha value is -1.35. The van der Waals surface area contributed by atoms with Gasteiger partial charge in [0.05, 0.1) is 5.60 Å². The summed E-state index contributed by atoms with van der Waals surface area (Å²) in [6.07, 6.45) is 0. The molecule has 4 N–H and O–H groups in total. The molecule has 1 aromatic carbocycles. The van der Waals surface area contributed by atoms with Crippen LogP contribution in [0.1, 0.15) is 31.9 Å². The highest BCUT2D eigenvalue weighted by Gasteiger charge is 2.20. The van der Waals surface area contributed by atoms with E-state index in [-0.39, 0.29) is 0 Å². The molecular formula is C11H16N2O. The van der Waals surface area contributed by atoms with Crippen molar-refractivity contribution in [1.29, 1.82) is 5.41 Å². The molecule has 3 heteroatoms. The van der Waals surface area contributed by atoms with Crippen LogP contribution >= 0.6 is 0 Å². The lowest BCUT2D eigenvalue weighted by molar-refractivity contribution is 0.0794. The van der Waals surface area contributed by atoms with Crippen LogP contribution in [-0.2, 0) is 5.60 Å². The van der Waals surface area contributed by atoms with E-state index in [1.54, 1.807) is 39.0 Å². The third-order valence-electron chi connectivity index (χ3n) is 2.17. The first-order chi connectivity index (χ1) is 6.34. The first-order valence-corrected chi connectivity index (χ1v) is 4.51. The van der Waals surface area contributed by atoms with E-state index >= 15 is 0 Å². The molecule has 0 bridgehead atoms. The van der Waals surface area contributed by atoms with Crippen molar-refractivity contribution in [3.05, 3.63) is 29.3 Å². The Kier molecular flexibility index (Phi) is 2.62. The average molecular weight is 192 g/mol. The molecule has 1 aromatic rings. The number of nitrogen functional groups attached to an aromatic ring is 1. The predicted octanol–water partition coefficient (Wildman–Crippen LogP) is 1.88. The molecule has 0 aliphatic rings. The summed E-state index contributed by atoms with van der Waals surface area (Å²) in [5.74, 6) is 0. The molecule has 1 rings (SSSR count). The number of para-hydroxylation sites is 1. The van der Waals surface area contributed by atoms with Crippen molar-refractivity contribution in [2.75, 3.05) is 5.73 Å². The molecule has 0 aromatic heterocycles. The lowest BCUT2D eigenvalue weighted by Crippen LogP contribution is -2.19. The SMILES string of the molecule is CC(=N)c1cccc(C(C)(C)O)c1N. The number of hydrogen-bond acceptors (Lipinski definition) is 3. The van der Waals surface area contributed by atoms with Gasteiger partial charge in [0.1, 0.15) is 0 Å². The molecule has 0 amide bonds. The molecule has 0 unspecified atom stereocenters. The van der Waals surface area contributed by atoms with Crippen molar-refractivity contribution in [3.63, 3.8) is 0 Å². The predicted molar refractivity (Wildman–Crippen MR) is 58.6 cm³/mol. The largest absolute Gasteiger partial charge is 0.398 e. The van der Waals surface area contributed by atoms with Gasteiger partial charge in [-0.3, -0.25) is 0 Å². The van der Waals surface area contributed by atoms with Crippen molar-refractivity contribution in [3.8, 4) is 0 Å². The fourth-order valence-corrected chi connectivity index (χ4v) is 1.43. The summed E-state index contributed by atoms with van der Waals surface area (Å²) in [7, 11) is 0. The second kappa shape index (κ2) is 3.42. The van der Waals surface area contributed by atoms with Crippen molar-refractivity contribution in [2.45, 2.75) is 26.4 Å². The number of rotatable bonds is 2. The number of nitrogens with two attached hydrogens (primary N) is 1. The number of hydrogen-bond donors (Lipinski definition) is 3. The Morgan fingerprint density at radius 3 is 2.43 bits per heavy atom. The van der Waals surface area contributed by atoms with E-state index in [4.69, 9.17) is 11.1 Å². The monoisotopic (exact) mass is 192 g/mol. The van der Waals surface area contributed by atoms with Gasteiger partial charge in [-0.1, -0.05) is 18.2 Å². The summed E-state index contributed by atoms with van der Waals surface area (Å²) in [6.45, 7) is 5.04. The molecular weight excluding hydrogens is 176 g/mol. The maximum atomic E-state index is 9.83. The van der Waals surface area contributed by atoms with Crippen molar-refractivity contribution >= 4 is 11.4 Å². The van der Waals surface area contributed by atoms with Crippen LogP contribution < -0.4 is 5.73 Å². The standard InChI is InChI=1S/C11H16N2O/c1-7(12)8-5-4-6-9(10(8)13)11(2,3)14/h4-6,12,14H,13H2,1-3H3. The maximum Gasteiger partial charge on any atom is 0.0860 e. The minimum absolute atomic E-state index is 0.411. The van der Waals surface area contributed by atoms with E-state index in [0.717, 1.165) is 0 Å². The molecule has 0 heterocycles. The number of anilines is 1. The Morgan fingerprint density at radius 1 is 1.43 bits per heavy atom. The van der Waals surface area contributed by atoms with Crippen molar-refractivity contribution in [2.24, 2.45) is 0 Å². The van der Waals surface area contributed by atoms with Crippen LogP contribution in [0.15, 0.2) is 18.2 Å². The van der Waals surface area contributed by atoms with Gasteiger partial charge < -0.3 is 16.2 Å². The Labute approximate surface area is 84.1 Å². The van der Waals surface area contributed by atoms with E-state index in [1.807, 2.05) is 0 Å². The molecule has 0 saturated heterocycles. The zero-order valence-electron chi connectivity index (χ0n) is 8.76. The number of benzene rings is 1. The molecule has 0 radical (unpaired) electrons. The average Bonchev–Trinajstić information content (AvgIpc) is 2.01. The summed E-state index contributed by atoms with van der Waals surface area (Å²) in [5.41, 5.74) is 7.16. The Bertz CT molecular complexity index is 364. The first-order valence-electron chi connectivity index (χ1n) is 4.51. The molecule has 76 valence electrons. The summed E-state index contributed by atoms with van der Waals surface area (Å²) < 4.78 is 0. The van der Waals surface area contributed by atoms with E-state index in [0.29, 0.717) is 22.5 Å².